The van der Waals surface area contributed by atoms with Crippen LogP contribution in [0.2, 0.25) is 0 Å². The second-order valence-corrected chi connectivity index (χ2v) is 4.83. The molecule has 1 aromatic carbocycles. The van der Waals surface area contributed by atoms with Gasteiger partial charge in [0.2, 0.25) is 5.06 Å². The van der Waals surface area contributed by atoms with Gasteiger partial charge in [-0.05, 0) is 13.0 Å². The fourth-order valence-electron chi connectivity index (χ4n) is 1.53. The molecule has 2 aromatic rings. The Morgan fingerprint density at radius 2 is 2.30 bits per heavy atom. The summed E-state index contributed by atoms with van der Waals surface area (Å²) < 4.78 is 10.9. The van der Waals surface area contributed by atoms with Crippen LogP contribution in [0, 0.1) is 10.1 Å². The van der Waals surface area contributed by atoms with E-state index in [4.69, 9.17) is 15.2 Å². The first kappa shape index (κ1) is 14.2. The number of ether oxygens (including phenoxy) is 2. The number of nitrogen functional groups attached to an aromatic ring is 1. The first-order valence-corrected chi connectivity index (χ1v) is 6.66. The number of thiazole rings is 1. The van der Waals surface area contributed by atoms with Crippen molar-refractivity contribution in [2.45, 2.75) is 13.5 Å². The fourth-order valence-corrected chi connectivity index (χ4v) is 2.08. The van der Waals surface area contributed by atoms with Crippen molar-refractivity contribution < 1.29 is 14.4 Å². The summed E-state index contributed by atoms with van der Waals surface area (Å²) in [7, 11) is 0. The third-order valence-corrected chi connectivity index (χ3v) is 3.13. The van der Waals surface area contributed by atoms with Gasteiger partial charge in [-0.1, -0.05) is 11.3 Å². The maximum absolute atomic E-state index is 10.8. The highest BCUT2D eigenvalue weighted by atomic mass is 32.1. The molecule has 0 saturated heterocycles. The summed E-state index contributed by atoms with van der Waals surface area (Å²) in [5.74, 6) is 0.493. The number of anilines is 1. The van der Waals surface area contributed by atoms with E-state index in [9.17, 15) is 10.1 Å². The van der Waals surface area contributed by atoms with E-state index >= 15 is 0 Å². The molecular weight excluding hydrogens is 282 g/mol. The van der Waals surface area contributed by atoms with Crippen molar-refractivity contribution in [3.63, 3.8) is 0 Å². The molecule has 0 unspecified atom stereocenters. The van der Waals surface area contributed by atoms with Crippen molar-refractivity contribution in [3.05, 3.63) is 40.1 Å². The van der Waals surface area contributed by atoms with Gasteiger partial charge in [-0.3, -0.25) is 10.1 Å². The number of aromatic nitrogens is 1. The second kappa shape index (κ2) is 6.31. The molecule has 7 nitrogen and oxygen atoms in total. The van der Waals surface area contributed by atoms with Gasteiger partial charge in [-0.25, -0.2) is 4.98 Å². The lowest BCUT2D eigenvalue weighted by molar-refractivity contribution is -0.385. The van der Waals surface area contributed by atoms with Crippen molar-refractivity contribution >= 4 is 22.2 Å². The summed E-state index contributed by atoms with van der Waals surface area (Å²) in [4.78, 5) is 14.2. The number of rotatable bonds is 6. The predicted octanol–water partition coefficient (Wildman–Crippen LogP) is 2.96. The Labute approximate surface area is 119 Å². The van der Waals surface area contributed by atoms with Gasteiger partial charge in [0.25, 0.3) is 5.69 Å². The molecule has 0 atom stereocenters. The van der Waals surface area contributed by atoms with Gasteiger partial charge in [0.15, 0.2) is 5.13 Å². The lowest BCUT2D eigenvalue weighted by Gasteiger charge is -2.09. The van der Waals surface area contributed by atoms with Crippen molar-refractivity contribution in [3.8, 4) is 10.8 Å². The molecule has 2 N–H and O–H groups in total. The van der Waals surface area contributed by atoms with Crippen molar-refractivity contribution in [1.82, 2.24) is 4.98 Å². The summed E-state index contributed by atoms with van der Waals surface area (Å²) in [6.45, 7) is 2.60. The van der Waals surface area contributed by atoms with Gasteiger partial charge in [0, 0.05) is 24.3 Å². The third-order valence-electron chi connectivity index (χ3n) is 2.43. The molecular formula is C12H13N3O4S. The van der Waals surface area contributed by atoms with E-state index in [1.54, 1.807) is 6.07 Å². The number of non-ortho nitro benzene ring substituents is 1. The molecule has 2 rings (SSSR count). The Morgan fingerprint density at radius 1 is 1.50 bits per heavy atom. The highest BCUT2D eigenvalue weighted by molar-refractivity contribution is 7.17. The molecule has 1 heterocycles. The molecule has 0 amide bonds. The maximum Gasteiger partial charge on any atom is 0.270 e. The normalized spacial score (nSPS) is 10.4. The van der Waals surface area contributed by atoms with Crippen LogP contribution in [-0.4, -0.2) is 16.5 Å². The Kier molecular flexibility index (Phi) is 4.49. The van der Waals surface area contributed by atoms with Crippen LogP contribution < -0.4 is 10.5 Å². The number of benzene rings is 1. The molecule has 0 saturated carbocycles. The number of hydrogen-bond donors (Lipinski definition) is 1. The summed E-state index contributed by atoms with van der Waals surface area (Å²) in [6.07, 6.45) is 1.51. The van der Waals surface area contributed by atoms with E-state index in [-0.39, 0.29) is 12.3 Å². The van der Waals surface area contributed by atoms with Crippen molar-refractivity contribution in [1.29, 1.82) is 0 Å². The lowest BCUT2D eigenvalue weighted by atomic mass is 10.2. The van der Waals surface area contributed by atoms with Crippen LogP contribution in [0.3, 0.4) is 0 Å². The van der Waals surface area contributed by atoms with Gasteiger partial charge in [0.05, 0.1) is 17.7 Å². The molecule has 0 radical (unpaired) electrons. The average molecular weight is 295 g/mol. The molecule has 0 fully saturated rings. The number of nitro benzene ring substituents is 1. The standard InChI is InChI=1S/C12H13N3O4S/c1-2-18-7-8-5-9(15(16)17)3-4-10(8)19-11-6-14-12(13)20-11/h3-6H,2,7H2,1H3,(H2,13,14). The molecule has 0 spiro atoms. The van der Waals surface area contributed by atoms with E-state index < -0.39 is 4.92 Å². The smallest absolute Gasteiger partial charge is 0.270 e. The topological polar surface area (TPSA) is 101 Å². The molecule has 0 aliphatic rings. The van der Waals surface area contributed by atoms with Crippen LogP contribution in [0.4, 0.5) is 10.8 Å². The van der Waals surface area contributed by atoms with Crippen LogP contribution in [-0.2, 0) is 11.3 Å². The van der Waals surface area contributed by atoms with Gasteiger partial charge >= 0.3 is 0 Å². The SMILES string of the molecule is CCOCc1cc([N+](=O)[O-])ccc1Oc1cnc(N)s1. The van der Waals surface area contributed by atoms with Crippen LogP contribution in [0.5, 0.6) is 10.8 Å². The Hall–Kier alpha value is -2.19. The first-order chi connectivity index (χ1) is 9.60. The zero-order valence-corrected chi connectivity index (χ0v) is 11.6. The zero-order valence-electron chi connectivity index (χ0n) is 10.7. The number of hydrogen-bond acceptors (Lipinski definition) is 7. The Balaban J connectivity index is 2.27. The summed E-state index contributed by atoms with van der Waals surface area (Å²) in [5.41, 5.74) is 6.13. The number of nitrogens with zero attached hydrogens (tertiary/aromatic N) is 2. The molecule has 0 aliphatic heterocycles. The van der Waals surface area contributed by atoms with Crippen LogP contribution in [0.25, 0.3) is 0 Å². The predicted molar refractivity (Wildman–Crippen MR) is 75.0 cm³/mol. The van der Waals surface area contributed by atoms with Gasteiger partial charge < -0.3 is 15.2 Å². The third kappa shape index (κ3) is 3.43. The van der Waals surface area contributed by atoms with Gasteiger partial charge in [0.1, 0.15) is 5.75 Å². The highest BCUT2D eigenvalue weighted by Gasteiger charge is 2.13. The summed E-state index contributed by atoms with van der Waals surface area (Å²) in [5, 5.41) is 11.7. The lowest BCUT2D eigenvalue weighted by Crippen LogP contribution is -1.97. The van der Waals surface area contributed by atoms with Crippen molar-refractivity contribution in [2.75, 3.05) is 12.3 Å². The maximum atomic E-state index is 10.8. The highest BCUT2D eigenvalue weighted by Crippen LogP contribution is 2.32. The number of nitrogens with two attached hydrogens (primary N) is 1. The first-order valence-electron chi connectivity index (χ1n) is 5.84. The molecule has 0 bridgehead atoms. The van der Waals surface area contributed by atoms with E-state index in [0.717, 1.165) is 0 Å². The molecule has 8 heteroatoms. The monoisotopic (exact) mass is 295 g/mol. The number of nitro groups is 1. The van der Waals surface area contributed by atoms with Gasteiger partial charge in [-0.15, -0.1) is 0 Å². The van der Waals surface area contributed by atoms with Crippen LogP contribution >= 0.6 is 11.3 Å². The Bertz CT molecular complexity index is 614. The minimum Gasteiger partial charge on any atom is -0.445 e. The largest absolute Gasteiger partial charge is 0.445 e. The van der Waals surface area contributed by atoms with Crippen LogP contribution in [0.15, 0.2) is 24.4 Å². The van der Waals surface area contributed by atoms with E-state index in [2.05, 4.69) is 4.98 Å². The second-order valence-electron chi connectivity index (χ2n) is 3.81. The molecule has 0 aliphatic carbocycles. The molecule has 20 heavy (non-hydrogen) atoms. The summed E-state index contributed by atoms with van der Waals surface area (Å²) in [6, 6.07) is 4.37. The van der Waals surface area contributed by atoms with Crippen LogP contribution in [0.1, 0.15) is 12.5 Å². The quantitative estimate of drug-likeness (QED) is 0.649. The van der Waals surface area contributed by atoms with E-state index in [0.29, 0.717) is 28.1 Å². The fraction of sp³-hybridized carbons (Fsp3) is 0.250. The molecule has 1 aromatic heterocycles. The van der Waals surface area contributed by atoms with E-state index in [1.165, 1.54) is 29.7 Å². The van der Waals surface area contributed by atoms with Crippen molar-refractivity contribution in [2.24, 2.45) is 0 Å². The minimum absolute atomic E-state index is 0.00382. The summed E-state index contributed by atoms with van der Waals surface area (Å²) >= 11 is 1.20. The van der Waals surface area contributed by atoms with E-state index in [1.807, 2.05) is 6.92 Å². The van der Waals surface area contributed by atoms with Gasteiger partial charge in [-0.2, -0.15) is 0 Å². The average Bonchev–Trinajstić information content (AvgIpc) is 2.82. The molecule has 106 valence electrons. The Morgan fingerprint density at radius 3 is 2.90 bits per heavy atom. The minimum atomic E-state index is -0.454. The zero-order chi connectivity index (χ0) is 14.5.